The number of rotatable bonds is 6. The summed E-state index contributed by atoms with van der Waals surface area (Å²) in [6.07, 6.45) is 8.18. The maximum absolute atomic E-state index is 13.0. The standard InChI is InChI=1S/C29H50O4/c1-7-19(17(2)3)9-8-18(4)21-10-11-22-20-16-33-27(32)24-14-25(30)26(31)15-29(24,6)23(20)12-13-28(21,22)5/h17-26,30-31H,7-16H2,1-6H3/t18-,19-,20+,21-,22+,23+,24-,25-,26+,28-,29-/m1/s1. The first-order valence-corrected chi connectivity index (χ1v) is 14.1. The predicted octanol–water partition coefficient (Wildman–Crippen LogP) is 5.84. The normalized spacial score (nSPS) is 47.2. The number of aliphatic hydroxyl groups is 2. The van der Waals surface area contributed by atoms with Crippen LogP contribution in [0.1, 0.15) is 99.3 Å². The Balaban J connectivity index is 1.53. The molecule has 0 aromatic heterocycles. The van der Waals surface area contributed by atoms with Crippen molar-refractivity contribution >= 4 is 5.97 Å². The molecule has 4 fully saturated rings. The lowest BCUT2D eigenvalue weighted by atomic mass is 9.48. The van der Waals surface area contributed by atoms with Gasteiger partial charge in [-0.15, -0.1) is 0 Å². The Bertz CT molecular complexity index is 706. The SMILES string of the molecule is CC[C@H](CC[C@@H](C)[C@H]1CC[C@H]2[C@@H]3COC(=O)[C@H]4C[C@@H](O)[C@@H](O)C[C@]4(C)[C@H]3CC[C@]12C)C(C)C. The van der Waals surface area contributed by atoms with Crippen LogP contribution in [0.2, 0.25) is 0 Å². The zero-order valence-corrected chi connectivity index (χ0v) is 22.1. The number of aliphatic hydroxyl groups excluding tert-OH is 2. The quantitative estimate of drug-likeness (QED) is 0.487. The molecule has 0 amide bonds. The Morgan fingerprint density at radius 2 is 1.70 bits per heavy atom. The molecule has 0 unspecified atom stereocenters. The number of cyclic esters (lactones) is 1. The Hall–Kier alpha value is -0.610. The van der Waals surface area contributed by atoms with E-state index in [4.69, 9.17) is 4.74 Å². The highest BCUT2D eigenvalue weighted by Crippen LogP contribution is 2.66. The number of carbonyl (C=O) groups is 1. The fourth-order valence-corrected chi connectivity index (χ4v) is 9.45. The third-order valence-electron chi connectivity index (χ3n) is 11.6. The highest BCUT2D eigenvalue weighted by Gasteiger charge is 2.62. The van der Waals surface area contributed by atoms with Gasteiger partial charge in [0, 0.05) is 0 Å². The molecule has 3 aliphatic carbocycles. The highest BCUT2D eigenvalue weighted by molar-refractivity contribution is 5.74. The average Bonchev–Trinajstić information content (AvgIpc) is 3.06. The van der Waals surface area contributed by atoms with Gasteiger partial charge in [0.1, 0.15) is 0 Å². The molecule has 1 heterocycles. The molecule has 4 rings (SSSR count). The van der Waals surface area contributed by atoms with Gasteiger partial charge in [0.25, 0.3) is 0 Å². The predicted molar refractivity (Wildman–Crippen MR) is 131 cm³/mol. The second-order valence-electron chi connectivity index (χ2n) is 13.3. The van der Waals surface area contributed by atoms with Gasteiger partial charge >= 0.3 is 5.97 Å². The van der Waals surface area contributed by atoms with Crippen molar-refractivity contribution in [2.75, 3.05) is 6.61 Å². The lowest BCUT2D eigenvalue weighted by molar-refractivity contribution is -0.162. The fraction of sp³-hybridized carbons (Fsp3) is 0.966. The topological polar surface area (TPSA) is 66.8 Å². The second kappa shape index (κ2) is 9.45. The molecule has 0 radical (unpaired) electrons. The van der Waals surface area contributed by atoms with Crippen LogP contribution in [0, 0.1) is 58.2 Å². The van der Waals surface area contributed by atoms with E-state index in [-0.39, 0.29) is 17.3 Å². The number of ether oxygens (including phenoxy) is 1. The van der Waals surface area contributed by atoms with Gasteiger partial charge in [-0.1, -0.05) is 54.4 Å². The molecule has 3 saturated carbocycles. The van der Waals surface area contributed by atoms with E-state index in [2.05, 4.69) is 41.5 Å². The van der Waals surface area contributed by atoms with Gasteiger partial charge in [0.05, 0.1) is 24.7 Å². The number of hydrogen-bond donors (Lipinski definition) is 2. The van der Waals surface area contributed by atoms with Crippen molar-refractivity contribution in [1.29, 1.82) is 0 Å². The molecule has 0 aromatic carbocycles. The van der Waals surface area contributed by atoms with E-state index in [0.29, 0.717) is 42.6 Å². The Kier molecular flexibility index (Phi) is 7.30. The van der Waals surface area contributed by atoms with E-state index in [9.17, 15) is 15.0 Å². The van der Waals surface area contributed by atoms with Crippen molar-refractivity contribution in [2.24, 2.45) is 58.2 Å². The summed E-state index contributed by atoms with van der Waals surface area (Å²) in [5.74, 6) is 4.07. The van der Waals surface area contributed by atoms with Crippen LogP contribution in [0.15, 0.2) is 0 Å². The van der Waals surface area contributed by atoms with Crippen LogP contribution in [0.5, 0.6) is 0 Å². The summed E-state index contributed by atoms with van der Waals surface area (Å²) in [5.41, 5.74) is 0.0586. The number of hydrogen-bond acceptors (Lipinski definition) is 4. The molecule has 190 valence electrons. The van der Waals surface area contributed by atoms with Crippen LogP contribution in [0.4, 0.5) is 0 Å². The largest absolute Gasteiger partial charge is 0.465 e. The van der Waals surface area contributed by atoms with Crippen molar-refractivity contribution in [1.82, 2.24) is 0 Å². The molecule has 4 heteroatoms. The van der Waals surface area contributed by atoms with Crippen molar-refractivity contribution in [2.45, 2.75) is 112 Å². The van der Waals surface area contributed by atoms with Crippen molar-refractivity contribution in [3.63, 3.8) is 0 Å². The van der Waals surface area contributed by atoms with Gasteiger partial charge < -0.3 is 14.9 Å². The first-order chi connectivity index (χ1) is 15.5. The third-order valence-corrected chi connectivity index (χ3v) is 11.6. The molecule has 33 heavy (non-hydrogen) atoms. The first kappa shape index (κ1) is 25.5. The number of fused-ring (bicyclic) bond motifs is 5. The van der Waals surface area contributed by atoms with Crippen molar-refractivity contribution < 1.29 is 19.7 Å². The van der Waals surface area contributed by atoms with E-state index in [1.807, 2.05) is 0 Å². The van der Waals surface area contributed by atoms with E-state index in [0.717, 1.165) is 30.1 Å². The molecule has 0 aromatic rings. The summed E-state index contributed by atoms with van der Waals surface area (Å²) in [7, 11) is 0. The summed E-state index contributed by atoms with van der Waals surface area (Å²) in [5, 5.41) is 20.9. The molecule has 2 N–H and O–H groups in total. The minimum atomic E-state index is -0.810. The second-order valence-corrected chi connectivity index (χ2v) is 13.3. The lowest BCUT2D eigenvalue weighted by Gasteiger charge is -2.56. The minimum Gasteiger partial charge on any atom is -0.465 e. The van der Waals surface area contributed by atoms with Gasteiger partial charge in [-0.3, -0.25) is 4.79 Å². The Labute approximate surface area is 202 Å². The van der Waals surface area contributed by atoms with E-state index < -0.39 is 12.2 Å². The summed E-state index contributed by atoms with van der Waals surface area (Å²) in [4.78, 5) is 13.0. The average molecular weight is 463 g/mol. The van der Waals surface area contributed by atoms with E-state index in [1.54, 1.807) is 0 Å². The van der Waals surface area contributed by atoms with Gasteiger partial charge in [-0.25, -0.2) is 0 Å². The zero-order valence-electron chi connectivity index (χ0n) is 22.1. The van der Waals surface area contributed by atoms with Crippen molar-refractivity contribution in [3.8, 4) is 0 Å². The smallest absolute Gasteiger partial charge is 0.309 e. The summed E-state index contributed by atoms with van der Waals surface area (Å²) in [6.45, 7) is 14.9. The van der Waals surface area contributed by atoms with Crippen LogP contribution in [0.25, 0.3) is 0 Å². The molecule has 11 atom stereocenters. The molecular weight excluding hydrogens is 412 g/mol. The van der Waals surface area contributed by atoms with Gasteiger partial charge in [-0.2, -0.15) is 0 Å². The fourth-order valence-electron chi connectivity index (χ4n) is 9.45. The minimum absolute atomic E-state index is 0.137. The Morgan fingerprint density at radius 1 is 1.00 bits per heavy atom. The molecule has 0 bridgehead atoms. The molecule has 1 aliphatic heterocycles. The van der Waals surface area contributed by atoms with Crippen LogP contribution < -0.4 is 0 Å². The summed E-state index contributed by atoms with van der Waals surface area (Å²) >= 11 is 0. The van der Waals surface area contributed by atoms with Crippen LogP contribution in [0.3, 0.4) is 0 Å². The van der Waals surface area contributed by atoms with Crippen LogP contribution in [-0.4, -0.2) is 35.0 Å². The maximum atomic E-state index is 13.0. The number of carbonyl (C=O) groups excluding carboxylic acids is 1. The summed E-state index contributed by atoms with van der Waals surface area (Å²) in [6, 6.07) is 0. The third kappa shape index (κ3) is 4.30. The van der Waals surface area contributed by atoms with Gasteiger partial charge in [-0.05, 0) is 97.2 Å². The molecule has 4 aliphatic rings. The first-order valence-electron chi connectivity index (χ1n) is 14.1. The Morgan fingerprint density at radius 3 is 2.36 bits per heavy atom. The van der Waals surface area contributed by atoms with Crippen LogP contribution in [-0.2, 0) is 9.53 Å². The van der Waals surface area contributed by atoms with E-state index >= 15 is 0 Å². The van der Waals surface area contributed by atoms with Gasteiger partial charge in [0.15, 0.2) is 0 Å². The van der Waals surface area contributed by atoms with Crippen molar-refractivity contribution in [3.05, 3.63) is 0 Å². The molecule has 1 saturated heterocycles. The molecule has 0 spiro atoms. The summed E-state index contributed by atoms with van der Waals surface area (Å²) < 4.78 is 5.93. The number of esters is 1. The lowest BCUT2D eigenvalue weighted by Crippen LogP contribution is -2.54. The monoisotopic (exact) mass is 462 g/mol. The zero-order chi connectivity index (χ0) is 24.1. The van der Waals surface area contributed by atoms with Gasteiger partial charge in [0.2, 0.25) is 0 Å². The van der Waals surface area contributed by atoms with Crippen LogP contribution >= 0.6 is 0 Å². The van der Waals surface area contributed by atoms with E-state index in [1.165, 1.54) is 38.5 Å². The molecule has 4 nitrogen and oxygen atoms in total. The highest BCUT2D eigenvalue weighted by atomic mass is 16.5. The maximum Gasteiger partial charge on any atom is 0.309 e. The molecular formula is C29H50O4.